The van der Waals surface area contributed by atoms with Crippen LogP contribution in [0.25, 0.3) is 0 Å². The standard InChI is InChI=1S/C36H49O6Si/c1-25(2)43(26(3)4,27(5)6)42-34-32(38)31(37)33(39-22-28-16-10-7-11-17-28)35(40-23-29-18-12-8-13-19-29)36(34)41-24-30-20-14-9-15-21-30/h7-21,25-27,31-37H,22-24H2,1-6H3/t31?,32?,33-,34-,35+,36+/m0/s1. The molecular weight excluding hydrogens is 556 g/mol. The molecule has 1 fully saturated rings. The molecule has 6 atom stereocenters. The van der Waals surface area contributed by atoms with Crippen LogP contribution >= 0.6 is 0 Å². The third kappa shape index (κ3) is 8.03. The molecule has 0 heterocycles. The highest BCUT2D eigenvalue weighted by Crippen LogP contribution is 2.45. The molecule has 3 aromatic rings. The number of rotatable bonds is 14. The monoisotopic (exact) mass is 605 g/mol. The van der Waals surface area contributed by atoms with E-state index in [0.717, 1.165) is 16.7 Å². The fraction of sp³-hybridized carbons (Fsp3) is 0.500. The molecule has 43 heavy (non-hydrogen) atoms. The van der Waals surface area contributed by atoms with Crippen LogP contribution in [0.3, 0.4) is 0 Å². The first-order valence-corrected chi connectivity index (χ1v) is 17.8. The maximum absolute atomic E-state index is 14.2. The molecule has 1 aliphatic rings. The van der Waals surface area contributed by atoms with Gasteiger partial charge in [-0.3, -0.25) is 0 Å². The topological polar surface area (TPSA) is 77.1 Å². The first-order chi connectivity index (χ1) is 20.6. The van der Waals surface area contributed by atoms with Gasteiger partial charge in [-0.1, -0.05) is 133 Å². The zero-order valence-electron chi connectivity index (χ0n) is 26.5. The Morgan fingerprint density at radius 1 is 0.558 bits per heavy atom. The van der Waals surface area contributed by atoms with Gasteiger partial charge in [-0.15, -0.1) is 0 Å². The van der Waals surface area contributed by atoms with Gasteiger partial charge in [0.1, 0.15) is 36.6 Å². The molecule has 1 aliphatic carbocycles. The van der Waals surface area contributed by atoms with Crippen LogP contribution < -0.4 is 0 Å². The summed E-state index contributed by atoms with van der Waals surface area (Å²) in [6.45, 7) is 14.0. The maximum atomic E-state index is 14.2. The van der Waals surface area contributed by atoms with Crippen molar-refractivity contribution in [3.05, 3.63) is 108 Å². The van der Waals surface area contributed by atoms with E-state index >= 15 is 0 Å². The largest absolute Gasteiger partial charge is 0.407 e. The van der Waals surface area contributed by atoms with Crippen molar-refractivity contribution >= 4 is 8.32 Å². The van der Waals surface area contributed by atoms with E-state index in [4.69, 9.17) is 18.6 Å². The third-order valence-corrected chi connectivity index (χ3v) is 15.0. The molecule has 0 spiro atoms. The lowest BCUT2D eigenvalue weighted by molar-refractivity contribution is -0.269. The fourth-order valence-corrected chi connectivity index (χ4v) is 12.3. The molecule has 0 saturated heterocycles. The lowest BCUT2D eigenvalue weighted by atomic mass is 9.84. The van der Waals surface area contributed by atoms with Gasteiger partial charge in [0.25, 0.3) is 0 Å². The molecule has 2 unspecified atom stereocenters. The molecule has 233 valence electrons. The first-order valence-electron chi connectivity index (χ1n) is 15.6. The quantitative estimate of drug-likeness (QED) is 0.193. The van der Waals surface area contributed by atoms with Gasteiger partial charge < -0.3 is 23.7 Å². The van der Waals surface area contributed by atoms with Crippen LogP contribution in [0, 0.1) is 0 Å². The lowest BCUT2D eigenvalue weighted by Crippen LogP contribution is -2.68. The van der Waals surface area contributed by atoms with Gasteiger partial charge in [0, 0.05) is 0 Å². The van der Waals surface area contributed by atoms with E-state index < -0.39 is 44.9 Å². The van der Waals surface area contributed by atoms with Gasteiger partial charge >= 0.3 is 0 Å². The number of benzene rings is 3. The van der Waals surface area contributed by atoms with E-state index in [2.05, 4.69) is 41.5 Å². The van der Waals surface area contributed by atoms with Crippen molar-refractivity contribution in [2.24, 2.45) is 0 Å². The van der Waals surface area contributed by atoms with Crippen molar-refractivity contribution in [3.8, 4) is 0 Å². The number of hydrogen-bond acceptors (Lipinski definition) is 5. The zero-order valence-corrected chi connectivity index (χ0v) is 27.5. The van der Waals surface area contributed by atoms with Gasteiger partial charge in [-0.2, -0.15) is 0 Å². The van der Waals surface area contributed by atoms with Crippen molar-refractivity contribution in [1.82, 2.24) is 0 Å². The maximum Gasteiger partial charge on any atom is 0.201 e. The van der Waals surface area contributed by atoms with Crippen molar-refractivity contribution < 1.29 is 28.8 Å². The average molecular weight is 606 g/mol. The minimum atomic E-state index is -2.53. The molecule has 1 N–H and O–H groups in total. The number of aliphatic hydroxyl groups excluding tert-OH is 1. The van der Waals surface area contributed by atoms with Gasteiger partial charge in [-0.05, 0) is 33.3 Å². The summed E-state index contributed by atoms with van der Waals surface area (Å²) in [5, 5.41) is 25.9. The first kappa shape index (κ1) is 33.5. The fourth-order valence-electron chi connectivity index (χ4n) is 6.79. The number of ether oxygens (including phenoxy) is 3. The van der Waals surface area contributed by atoms with E-state index in [1.54, 1.807) is 0 Å². The molecule has 0 amide bonds. The predicted molar refractivity (Wildman–Crippen MR) is 171 cm³/mol. The molecular formula is C36H49O6Si. The van der Waals surface area contributed by atoms with Crippen molar-refractivity contribution in [2.75, 3.05) is 0 Å². The van der Waals surface area contributed by atoms with Gasteiger partial charge in [0.2, 0.25) is 8.32 Å². The van der Waals surface area contributed by atoms with E-state index in [-0.39, 0.29) is 36.4 Å². The Morgan fingerprint density at radius 3 is 1.23 bits per heavy atom. The van der Waals surface area contributed by atoms with E-state index in [1.807, 2.05) is 91.0 Å². The summed E-state index contributed by atoms with van der Waals surface area (Å²) >= 11 is 0. The van der Waals surface area contributed by atoms with Crippen LogP contribution in [0.1, 0.15) is 58.2 Å². The highest BCUT2D eigenvalue weighted by atomic mass is 28.4. The van der Waals surface area contributed by atoms with Crippen LogP contribution in [0.2, 0.25) is 16.6 Å². The molecule has 0 aromatic heterocycles. The molecule has 1 saturated carbocycles. The van der Waals surface area contributed by atoms with Crippen LogP contribution in [0.5, 0.6) is 0 Å². The number of aliphatic hydroxyl groups is 1. The van der Waals surface area contributed by atoms with E-state index in [9.17, 15) is 10.2 Å². The van der Waals surface area contributed by atoms with Crippen molar-refractivity contribution in [3.63, 3.8) is 0 Å². The van der Waals surface area contributed by atoms with Gasteiger partial charge in [0.15, 0.2) is 0 Å². The molecule has 4 rings (SSSR count). The second-order valence-corrected chi connectivity index (χ2v) is 18.0. The minimum Gasteiger partial charge on any atom is -0.407 e. The Bertz CT molecular complexity index is 1180. The normalized spacial score (nSPS) is 24.6. The summed E-state index contributed by atoms with van der Waals surface area (Å²) < 4.78 is 26.8. The van der Waals surface area contributed by atoms with Crippen LogP contribution in [0.4, 0.5) is 0 Å². The molecule has 6 nitrogen and oxygen atoms in total. The van der Waals surface area contributed by atoms with Crippen LogP contribution in [-0.2, 0) is 43.6 Å². The summed E-state index contributed by atoms with van der Waals surface area (Å²) in [4.78, 5) is 0. The predicted octanol–water partition coefficient (Wildman–Crippen LogP) is 7.48. The van der Waals surface area contributed by atoms with Gasteiger partial charge in [0.05, 0.1) is 19.8 Å². The summed E-state index contributed by atoms with van der Waals surface area (Å²) in [7, 11) is -2.53. The van der Waals surface area contributed by atoms with Crippen molar-refractivity contribution in [1.29, 1.82) is 0 Å². The molecule has 3 aromatic carbocycles. The van der Waals surface area contributed by atoms with Gasteiger partial charge in [-0.25, -0.2) is 5.11 Å². The summed E-state index contributed by atoms with van der Waals surface area (Å²) in [5.41, 5.74) is 3.67. The van der Waals surface area contributed by atoms with Crippen LogP contribution in [0.15, 0.2) is 91.0 Å². The Balaban J connectivity index is 1.73. The minimum absolute atomic E-state index is 0.236. The second kappa shape index (κ2) is 15.6. The Labute approximate surface area is 259 Å². The molecule has 0 aliphatic heterocycles. The summed E-state index contributed by atoms with van der Waals surface area (Å²) in [5.74, 6) is 0. The van der Waals surface area contributed by atoms with E-state index in [0.29, 0.717) is 0 Å². The Kier molecular flexibility index (Phi) is 12.1. The van der Waals surface area contributed by atoms with E-state index in [1.165, 1.54) is 0 Å². The molecule has 7 heteroatoms. The Hall–Kier alpha value is -2.36. The summed E-state index contributed by atoms with van der Waals surface area (Å²) in [6.07, 6.45) is -6.12. The second-order valence-electron chi connectivity index (χ2n) is 12.6. The lowest BCUT2D eigenvalue weighted by Gasteiger charge is -2.51. The highest BCUT2D eigenvalue weighted by Gasteiger charge is 2.57. The SMILES string of the molecule is CC(C)[Si](O[C@H]1C([O])C(O)[C@H](OCc2ccccc2)[C@@H](OCc2ccccc2)[C@@H]1OCc1ccccc1)(C(C)C)C(C)C. The van der Waals surface area contributed by atoms with Crippen LogP contribution in [-0.4, -0.2) is 50.0 Å². The highest BCUT2D eigenvalue weighted by molar-refractivity contribution is 6.77. The molecule has 1 radical (unpaired) electrons. The third-order valence-electron chi connectivity index (χ3n) is 8.87. The van der Waals surface area contributed by atoms with Crippen molar-refractivity contribution in [2.45, 2.75) is 115 Å². The zero-order chi connectivity index (χ0) is 31.0. The average Bonchev–Trinajstić information content (AvgIpc) is 3.00. The smallest absolute Gasteiger partial charge is 0.201 e. The number of hydrogen-bond donors (Lipinski definition) is 1. The molecule has 0 bridgehead atoms. The Morgan fingerprint density at radius 2 is 0.884 bits per heavy atom. The summed E-state index contributed by atoms with van der Waals surface area (Å²) in [6, 6.07) is 29.6.